The van der Waals surface area contributed by atoms with Gasteiger partial charge in [-0.15, -0.1) is 0 Å². The Morgan fingerprint density at radius 2 is 2.11 bits per heavy atom. The van der Waals surface area contributed by atoms with Crippen LogP contribution < -0.4 is 0 Å². The van der Waals surface area contributed by atoms with Gasteiger partial charge in [0, 0.05) is 34.7 Å². The van der Waals surface area contributed by atoms with E-state index in [4.69, 9.17) is 33.2 Å². The van der Waals surface area contributed by atoms with Gasteiger partial charge in [0.25, 0.3) is 0 Å². The number of nitrogens with zero attached hydrogens (tertiary/aromatic N) is 2. The minimum atomic E-state index is -0.463. The van der Waals surface area contributed by atoms with Gasteiger partial charge in [-0.3, -0.25) is 4.90 Å². The molecular formula is C21H19Cl2FN2O2. The maximum Gasteiger partial charge on any atom is 0.130 e. The van der Waals surface area contributed by atoms with Gasteiger partial charge in [0.2, 0.25) is 0 Å². The first kappa shape index (κ1) is 19.6. The predicted molar refractivity (Wildman–Crippen MR) is 105 cm³/mol. The van der Waals surface area contributed by atoms with Crippen LogP contribution in [0.4, 0.5) is 4.39 Å². The average Bonchev–Trinajstić information content (AvgIpc) is 3.24. The van der Waals surface area contributed by atoms with Crippen molar-refractivity contribution in [3.05, 3.63) is 68.4 Å². The SMILES string of the molecule is N#Cc1ccc(CO[C@H]2c3cc(Cl)cc(Cl)c3C[C@@H]2N2CC[C@@H](O)C2)c(F)c1. The largest absolute Gasteiger partial charge is 0.392 e. The molecule has 4 rings (SSSR count). The molecule has 7 heteroatoms. The molecule has 1 saturated heterocycles. The average molecular weight is 421 g/mol. The fraction of sp³-hybridized carbons (Fsp3) is 0.381. The molecule has 0 unspecified atom stereocenters. The van der Waals surface area contributed by atoms with E-state index in [0.717, 1.165) is 24.1 Å². The Kier molecular flexibility index (Phi) is 5.59. The molecule has 146 valence electrons. The van der Waals surface area contributed by atoms with E-state index in [1.165, 1.54) is 6.07 Å². The molecule has 4 nitrogen and oxygen atoms in total. The Hall–Kier alpha value is -1.68. The highest BCUT2D eigenvalue weighted by atomic mass is 35.5. The first-order valence-corrected chi connectivity index (χ1v) is 9.92. The summed E-state index contributed by atoms with van der Waals surface area (Å²) in [6.07, 6.45) is 0.739. The number of hydrogen-bond donors (Lipinski definition) is 1. The monoisotopic (exact) mass is 420 g/mol. The van der Waals surface area contributed by atoms with Crippen LogP contribution in [0.1, 0.15) is 34.8 Å². The van der Waals surface area contributed by atoms with E-state index >= 15 is 0 Å². The Labute approximate surface area is 173 Å². The Morgan fingerprint density at radius 3 is 2.79 bits per heavy atom. The molecule has 1 heterocycles. The maximum atomic E-state index is 14.3. The molecule has 3 atom stereocenters. The second kappa shape index (κ2) is 7.98. The highest BCUT2D eigenvalue weighted by Gasteiger charge is 2.40. The normalized spacial score (nSPS) is 24.3. The molecule has 0 saturated carbocycles. The molecule has 2 aliphatic rings. The van der Waals surface area contributed by atoms with Gasteiger partial charge in [-0.05, 0) is 48.2 Å². The molecule has 2 aromatic rings. The lowest BCUT2D eigenvalue weighted by molar-refractivity contribution is -0.0145. The van der Waals surface area contributed by atoms with Gasteiger partial charge < -0.3 is 9.84 Å². The van der Waals surface area contributed by atoms with Crippen LogP contribution in [0.3, 0.4) is 0 Å². The molecule has 1 aliphatic heterocycles. The molecule has 0 radical (unpaired) electrons. The van der Waals surface area contributed by atoms with Crippen LogP contribution in [0.5, 0.6) is 0 Å². The fourth-order valence-electron chi connectivity index (χ4n) is 4.12. The summed E-state index contributed by atoms with van der Waals surface area (Å²) in [5, 5.41) is 20.0. The van der Waals surface area contributed by atoms with Crippen LogP contribution in [0.25, 0.3) is 0 Å². The first-order valence-electron chi connectivity index (χ1n) is 9.16. The van der Waals surface area contributed by atoms with E-state index in [9.17, 15) is 9.50 Å². The highest BCUT2D eigenvalue weighted by molar-refractivity contribution is 6.35. The molecule has 28 heavy (non-hydrogen) atoms. The Balaban J connectivity index is 1.61. The second-order valence-corrected chi connectivity index (χ2v) is 8.16. The summed E-state index contributed by atoms with van der Waals surface area (Å²) in [6.45, 7) is 1.42. The first-order chi connectivity index (χ1) is 13.5. The molecule has 2 aromatic carbocycles. The quantitative estimate of drug-likeness (QED) is 0.802. The minimum absolute atomic E-state index is 0.00422. The van der Waals surface area contributed by atoms with E-state index in [1.807, 2.05) is 12.1 Å². The van der Waals surface area contributed by atoms with Crippen LogP contribution in [-0.4, -0.2) is 35.2 Å². The lowest BCUT2D eigenvalue weighted by Crippen LogP contribution is -2.38. The summed E-state index contributed by atoms with van der Waals surface area (Å²) >= 11 is 12.6. The summed E-state index contributed by atoms with van der Waals surface area (Å²) in [5.74, 6) is -0.463. The van der Waals surface area contributed by atoms with E-state index in [1.54, 1.807) is 18.2 Å². The van der Waals surface area contributed by atoms with Crippen LogP contribution in [0.15, 0.2) is 30.3 Å². The van der Waals surface area contributed by atoms with E-state index < -0.39 is 5.82 Å². The topological polar surface area (TPSA) is 56.5 Å². The molecule has 0 amide bonds. The standard InChI is InChI=1S/C21H19Cl2FN2O2/c22-14-6-17-16(18(23)7-14)8-20(26-4-3-15(27)10-26)21(17)28-11-13-2-1-12(9-25)5-19(13)24/h1-2,5-7,15,20-21,27H,3-4,8,10-11H2/t15-,20+,21+/m1/s1. The lowest BCUT2D eigenvalue weighted by atomic mass is 10.1. The van der Waals surface area contributed by atoms with Gasteiger partial charge in [0.05, 0.1) is 30.4 Å². The number of ether oxygens (including phenoxy) is 1. The van der Waals surface area contributed by atoms with E-state index in [0.29, 0.717) is 28.6 Å². The number of likely N-dealkylation sites (tertiary alicyclic amines) is 1. The second-order valence-electron chi connectivity index (χ2n) is 7.31. The summed E-state index contributed by atoms with van der Waals surface area (Å²) in [4.78, 5) is 2.20. The Bertz CT molecular complexity index is 947. The molecule has 0 bridgehead atoms. The third-order valence-corrected chi connectivity index (χ3v) is 6.08. The van der Waals surface area contributed by atoms with Crippen molar-refractivity contribution < 1.29 is 14.2 Å². The third-order valence-electron chi connectivity index (χ3n) is 5.53. The fourth-order valence-corrected chi connectivity index (χ4v) is 4.71. The molecule has 0 spiro atoms. The summed E-state index contributed by atoms with van der Waals surface area (Å²) < 4.78 is 20.4. The van der Waals surface area contributed by atoms with Gasteiger partial charge in [-0.2, -0.15) is 5.26 Å². The zero-order chi connectivity index (χ0) is 19.8. The zero-order valence-corrected chi connectivity index (χ0v) is 16.5. The Morgan fingerprint density at radius 1 is 1.29 bits per heavy atom. The van der Waals surface area contributed by atoms with Gasteiger partial charge >= 0.3 is 0 Å². The maximum absolute atomic E-state index is 14.3. The molecule has 1 fully saturated rings. The number of rotatable bonds is 4. The molecule has 1 aliphatic carbocycles. The number of β-amino-alcohol motifs (C(OH)–C–C–N with tert-alkyl or cyclic N) is 1. The predicted octanol–water partition coefficient (Wildman–Crippen LogP) is 4.25. The van der Waals surface area contributed by atoms with Crippen LogP contribution in [-0.2, 0) is 17.8 Å². The molecule has 1 N–H and O–H groups in total. The summed E-state index contributed by atoms with van der Waals surface area (Å²) in [7, 11) is 0. The smallest absolute Gasteiger partial charge is 0.130 e. The summed E-state index contributed by atoms with van der Waals surface area (Å²) in [6, 6.07) is 9.87. The van der Waals surface area contributed by atoms with Crippen molar-refractivity contribution >= 4 is 23.2 Å². The van der Waals surface area contributed by atoms with Gasteiger partial charge in [0.15, 0.2) is 0 Å². The van der Waals surface area contributed by atoms with Gasteiger partial charge in [-0.25, -0.2) is 4.39 Å². The number of aliphatic hydroxyl groups excluding tert-OH is 1. The van der Waals surface area contributed by atoms with Crippen molar-refractivity contribution in [1.82, 2.24) is 4.90 Å². The highest BCUT2D eigenvalue weighted by Crippen LogP contribution is 2.43. The van der Waals surface area contributed by atoms with Gasteiger partial charge in [0.1, 0.15) is 5.82 Å². The third kappa shape index (κ3) is 3.76. The minimum Gasteiger partial charge on any atom is -0.392 e. The van der Waals surface area contributed by atoms with E-state index in [-0.39, 0.29) is 30.4 Å². The number of nitriles is 1. The van der Waals surface area contributed by atoms with Crippen molar-refractivity contribution in [3.8, 4) is 6.07 Å². The van der Waals surface area contributed by atoms with Gasteiger partial charge in [-0.1, -0.05) is 29.3 Å². The molecular weight excluding hydrogens is 402 g/mol. The van der Waals surface area contributed by atoms with Crippen LogP contribution in [0, 0.1) is 17.1 Å². The number of hydrogen-bond acceptors (Lipinski definition) is 4. The van der Waals surface area contributed by atoms with E-state index in [2.05, 4.69) is 4.90 Å². The number of halogens is 3. The van der Waals surface area contributed by atoms with Crippen LogP contribution in [0.2, 0.25) is 10.0 Å². The van der Waals surface area contributed by atoms with Crippen molar-refractivity contribution in [2.45, 2.75) is 37.7 Å². The lowest BCUT2D eigenvalue weighted by Gasteiger charge is -2.29. The van der Waals surface area contributed by atoms with Crippen LogP contribution >= 0.6 is 23.2 Å². The number of aliphatic hydroxyl groups is 1. The van der Waals surface area contributed by atoms with Crippen molar-refractivity contribution in [2.24, 2.45) is 0 Å². The zero-order valence-electron chi connectivity index (χ0n) is 15.0. The summed E-state index contributed by atoms with van der Waals surface area (Å²) in [5.41, 5.74) is 2.57. The number of benzene rings is 2. The van der Waals surface area contributed by atoms with Crippen molar-refractivity contribution in [2.75, 3.05) is 13.1 Å². The van der Waals surface area contributed by atoms with Crippen molar-refractivity contribution in [3.63, 3.8) is 0 Å². The van der Waals surface area contributed by atoms with Crippen molar-refractivity contribution in [1.29, 1.82) is 5.26 Å². The molecule has 0 aromatic heterocycles. The number of fused-ring (bicyclic) bond motifs is 1.